The highest BCUT2D eigenvalue weighted by molar-refractivity contribution is 7.86. The summed E-state index contributed by atoms with van der Waals surface area (Å²) in [6.07, 6.45) is 0.516. The minimum absolute atomic E-state index is 0.260. The Morgan fingerprint density at radius 2 is 2.00 bits per heavy atom. The van der Waals surface area contributed by atoms with Crippen LogP contribution < -0.4 is 0 Å². The molecule has 0 N–H and O–H groups in total. The molecule has 0 aliphatic carbocycles. The number of carbonyl (C=O) groups excluding carboxylic acids is 1. The Kier molecular flexibility index (Phi) is 3.68. The van der Waals surface area contributed by atoms with E-state index in [-0.39, 0.29) is 5.91 Å². The number of amides is 1. The van der Waals surface area contributed by atoms with E-state index in [2.05, 4.69) is 0 Å². The van der Waals surface area contributed by atoms with Gasteiger partial charge in [-0.15, -0.1) is 0 Å². The van der Waals surface area contributed by atoms with E-state index >= 15 is 0 Å². The van der Waals surface area contributed by atoms with Crippen LogP contribution in [0.3, 0.4) is 0 Å². The Morgan fingerprint density at radius 1 is 1.33 bits per heavy atom. The molecule has 5 nitrogen and oxygen atoms in total. The van der Waals surface area contributed by atoms with Crippen molar-refractivity contribution in [3.63, 3.8) is 0 Å². The van der Waals surface area contributed by atoms with Gasteiger partial charge in [0.2, 0.25) is 0 Å². The lowest BCUT2D eigenvalue weighted by Crippen LogP contribution is -2.31. The van der Waals surface area contributed by atoms with Crippen LogP contribution >= 0.6 is 0 Å². The first kappa shape index (κ1) is 13.0. The van der Waals surface area contributed by atoms with E-state index < -0.39 is 16.2 Å². The molecule has 1 heterocycles. The molecule has 2 rings (SSSR count). The van der Waals surface area contributed by atoms with E-state index in [0.29, 0.717) is 19.5 Å². The van der Waals surface area contributed by atoms with Gasteiger partial charge in [0.15, 0.2) is 6.10 Å². The summed E-state index contributed by atoms with van der Waals surface area (Å²) in [6.45, 7) is 1.01. The zero-order valence-corrected chi connectivity index (χ0v) is 10.9. The minimum atomic E-state index is -3.58. The second kappa shape index (κ2) is 5.07. The molecule has 18 heavy (non-hydrogen) atoms. The molecule has 1 amide bonds. The van der Waals surface area contributed by atoms with Crippen molar-refractivity contribution >= 4 is 16.0 Å². The SMILES string of the molecule is CS(=O)(=O)O[C@@H]1CCN(Cc2ccccc2)C1=O. The van der Waals surface area contributed by atoms with Crippen LogP contribution in [0.25, 0.3) is 0 Å². The molecule has 0 spiro atoms. The lowest BCUT2D eigenvalue weighted by molar-refractivity contribution is -0.133. The number of carbonyl (C=O) groups is 1. The lowest BCUT2D eigenvalue weighted by atomic mass is 10.2. The molecule has 1 atom stereocenters. The summed E-state index contributed by atoms with van der Waals surface area (Å²) in [6, 6.07) is 9.57. The van der Waals surface area contributed by atoms with Gasteiger partial charge < -0.3 is 4.90 Å². The third-order valence-corrected chi connectivity index (χ3v) is 3.34. The molecule has 1 aromatic carbocycles. The van der Waals surface area contributed by atoms with Gasteiger partial charge in [-0.3, -0.25) is 8.98 Å². The molecule has 0 bridgehead atoms. The molecular formula is C12H15NO4S. The van der Waals surface area contributed by atoms with Gasteiger partial charge in [0.05, 0.1) is 6.26 Å². The van der Waals surface area contributed by atoms with Crippen molar-refractivity contribution in [1.29, 1.82) is 0 Å². The van der Waals surface area contributed by atoms with E-state index in [1.807, 2.05) is 30.3 Å². The van der Waals surface area contributed by atoms with Crippen LogP contribution in [0.1, 0.15) is 12.0 Å². The maximum Gasteiger partial charge on any atom is 0.265 e. The molecule has 0 radical (unpaired) electrons. The van der Waals surface area contributed by atoms with Crippen LogP contribution in [0.5, 0.6) is 0 Å². The van der Waals surface area contributed by atoms with E-state index in [0.717, 1.165) is 11.8 Å². The number of rotatable bonds is 4. The summed E-state index contributed by atoms with van der Waals surface area (Å²) in [5.41, 5.74) is 1.02. The van der Waals surface area contributed by atoms with Crippen molar-refractivity contribution in [2.45, 2.75) is 19.1 Å². The van der Waals surface area contributed by atoms with Gasteiger partial charge in [-0.1, -0.05) is 30.3 Å². The van der Waals surface area contributed by atoms with Crippen molar-refractivity contribution in [3.05, 3.63) is 35.9 Å². The molecule has 0 unspecified atom stereocenters. The minimum Gasteiger partial charge on any atom is -0.336 e. The first-order chi connectivity index (χ1) is 8.46. The zero-order valence-electron chi connectivity index (χ0n) is 10.1. The van der Waals surface area contributed by atoms with Gasteiger partial charge in [0.1, 0.15) is 0 Å². The normalized spacial score (nSPS) is 20.4. The van der Waals surface area contributed by atoms with Crippen molar-refractivity contribution in [1.82, 2.24) is 4.90 Å². The van der Waals surface area contributed by atoms with Crippen LogP contribution in [0.4, 0.5) is 0 Å². The summed E-state index contributed by atoms with van der Waals surface area (Å²) >= 11 is 0. The molecule has 6 heteroatoms. The summed E-state index contributed by atoms with van der Waals surface area (Å²) in [5.74, 6) is -0.260. The monoisotopic (exact) mass is 269 g/mol. The highest BCUT2D eigenvalue weighted by atomic mass is 32.2. The van der Waals surface area contributed by atoms with E-state index in [1.165, 1.54) is 0 Å². The Bertz CT molecular complexity index is 526. The fourth-order valence-corrected chi connectivity index (χ4v) is 2.57. The van der Waals surface area contributed by atoms with E-state index in [4.69, 9.17) is 4.18 Å². The zero-order chi connectivity index (χ0) is 13.2. The van der Waals surface area contributed by atoms with Gasteiger partial charge in [-0.05, 0) is 5.56 Å². The Labute approximate surface area is 106 Å². The maximum absolute atomic E-state index is 11.9. The number of likely N-dealkylation sites (tertiary alicyclic amines) is 1. The molecule has 1 fully saturated rings. The van der Waals surface area contributed by atoms with Crippen molar-refractivity contribution < 1.29 is 17.4 Å². The predicted molar refractivity (Wildman–Crippen MR) is 66.2 cm³/mol. The standard InChI is InChI=1S/C12H15NO4S/c1-18(15,16)17-11-7-8-13(12(11)14)9-10-5-3-2-4-6-10/h2-6,11H,7-9H2,1H3/t11-/m1/s1. The molecule has 1 aliphatic heterocycles. The molecule has 0 saturated carbocycles. The molecule has 0 aromatic heterocycles. The van der Waals surface area contributed by atoms with Crippen molar-refractivity contribution in [3.8, 4) is 0 Å². The summed E-state index contributed by atoms with van der Waals surface area (Å²) < 4.78 is 26.8. The largest absolute Gasteiger partial charge is 0.336 e. The van der Waals surface area contributed by atoms with Crippen molar-refractivity contribution in [2.24, 2.45) is 0 Å². The fraction of sp³-hybridized carbons (Fsp3) is 0.417. The Hall–Kier alpha value is -1.40. The third kappa shape index (κ3) is 3.30. The number of hydrogen-bond donors (Lipinski definition) is 0. The average Bonchev–Trinajstić information content (AvgIpc) is 2.61. The van der Waals surface area contributed by atoms with Crippen LogP contribution in [0.2, 0.25) is 0 Å². The molecule has 1 aliphatic rings. The summed E-state index contributed by atoms with van der Waals surface area (Å²) in [4.78, 5) is 13.5. The smallest absolute Gasteiger partial charge is 0.265 e. The predicted octanol–water partition coefficient (Wildman–Crippen LogP) is 0.764. The number of hydrogen-bond acceptors (Lipinski definition) is 4. The maximum atomic E-state index is 11.9. The van der Waals surface area contributed by atoms with Gasteiger partial charge >= 0.3 is 0 Å². The Morgan fingerprint density at radius 3 is 2.61 bits per heavy atom. The average molecular weight is 269 g/mol. The second-order valence-corrected chi connectivity index (χ2v) is 5.92. The van der Waals surface area contributed by atoms with Crippen molar-refractivity contribution in [2.75, 3.05) is 12.8 Å². The first-order valence-corrected chi connectivity index (χ1v) is 7.48. The second-order valence-electron chi connectivity index (χ2n) is 4.32. The van der Waals surface area contributed by atoms with Gasteiger partial charge in [0, 0.05) is 19.5 Å². The quantitative estimate of drug-likeness (QED) is 0.757. The van der Waals surface area contributed by atoms with Crippen LogP contribution in [-0.4, -0.2) is 38.1 Å². The molecule has 98 valence electrons. The lowest BCUT2D eigenvalue weighted by Gasteiger charge is -2.16. The topological polar surface area (TPSA) is 63.7 Å². The van der Waals surface area contributed by atoms with Gasteiger partial charge in [0.25, 0.3) is 16.0 Å². The third-order valence-electron chi connectivity index (χ3n) is 2.76. The Balaban J connectivity index is 2.00. The van der Waals surface area contributed by atoms with Gasteiger partial charge in [-0.25, -0.2) is 0 Å². The summed E-state index contributed by atoms with van der Waals surface area (Å²) in [5, 5.41) is 0. The first-order valence-electron chi connectivity index (χ1n) is 5.67. The number of benzene rings is 1. The molecule has 1 saturated heterocycles. The molecular weight excluding hydrogens is 254 g/mol. The highest BCUT2D eigenvalue weighted by Gasteiger charge is 2.34. The van der Waals surface area contributed by atoms with Crippen LogP contribution in [0, 0.1) is 0 Å². The van der Waals surface area contributed by atoms with Crippen LogP contribution in [-0.2, 0) is 25.6 Å². The number of nitrogens with zero attached hydrogens (tertiary/aromatic N) is 1. The van der Waals surface area contributed by atoms with Gasteiger partial charge in [-0.2, -0.15) is 8.42 Å². The van der Waals surface area contributed by atoms with E-state index in [1.54, 1.807) is 4.90 Å². The van der Waals surface area contributed by atoms with Crippen LogP contribution in [0.15, 0.2) is 30.3 Å². The fourth-order valence-electron chi connectivity index (χ4n) is 1.97. The molecule has 1 aromatic rings. The van der Waals surface area contributed by atoms with E-state index in [9.17, 15) is 13.2 Å². The highest BCUT2D eigenvalue weighted by Crippen LogP contribution is 2.18. The summed E-state index contributed by atoms with van der Waals surface area (Å²) in [7, 11) is -3.58.